The fourth-order valence-electron chi connectivity index (χ4n) is 5.66. The number of carbonyl (C=O) groups excluding carboxylic acids is 1. The SMILES string of the molecule is CCCC/C=C\CCCCCCC(=O)NC(COC1OC(CO)C(O)C(O)C1O)C(O)/C=C/CCCCCCCCCCCCC. The Morgan fingerprint density at radius 3 is 1.83 bits per heavy atom. The van der Waals surface area contributed by atoms with Gasteiger partial charge in [0.2, 0.25) is 5.91 Å². The molecule has 0 saturated carbocycles. The molecule has 7 unspecified atom stereocenters. The van der Waals surface area contributed by atoms with E-state index in [4.69, 9.17) is 9.47 Å². The van der Waals surface area contributed by atoms with Crippen LogP contribution in [0.3, 0.4) is 0 Å². The minimum absolute atomic E-state index is 0.192. The molecular weight excluding hydrogens is 586 g/mol. The Labute approximate surface area is 279 Å². The van der Waals surface area contributed by atoms with Gasteiger partial charge in [-0.2, -0.15) is 0 Å². The second-order valence-corrected chi connectivity index (χ2v) is 13.0. The highest BCUT2D eigenvalue weighted by atomic mass is 16.7. The van der Waals surface area contributed by atoms with Crippen LogP contribution in [0.15, 0.2) is 24.3 Å². The maximum absolute atomic E-state index is 12.8. The zero-order chi connectivity index (χ0) is 33.8. The summed E-state index contributed by atoms with van der Waals surface area (Å²) in [6, 6.07) is -0.804. The molecule has 9 heteroatoms. The quantitative estimate of drug-likeness (QED) is 0.0425. The van der Waals surface area contributed by atoms with Gasteiger partial charge >= 0.3 is 0 Å². The molecule has 0 spiro atoms. The van der Waals surface area contributed by atoms with E-state index in [1.54, 1.807) is 6.08 Å². The Balaban J connectivity index is 2.50. The van der Waals surface area contributed by atoms with Crippen LogP contribution in [0, 0.1) is 0 Å². The number of hydrogen-bond acceptors (Lipinski definition) is 8. The summed E-state index contributed by atoms with van der Waals surface area (Å²) in [6.45, 7) is 3.68. The van der Waals surface area contributed by atoms with Crippen LogP contribution in [-0.4, -0.2) is 87.5 Å². The molecule has 1 aliphatic heterocycles. The van der Waals surface area contributed by atoms with Gasteiger partial charge in [-0.15, -0.1) is 0 Å². The average Bonchev–Trinajstić information content (AvgIpc) is 3.05. The van der Waals surface area contributed by atoms with Gasteiger partial charge in [0.25, 0.3) is 0 Å². The molecule has 0 aromatic heterocycles. The average molecular weight is 656 g/mol. The van der Waals surface area contributed by atoms with Crippen molar-refractivity contribution in [1.29, 1.82) is 0 Å². The number of carbonyl (C=O) groups is 1. The summed E-state index contributed by atoms with van der Waals surface area (Å²) in [5.74, 6) is -0.195. The van der Waals surface area contributed by atoms with E-state index in [1.807, 2.05) is 6.08 Å². The first-order chi connectivity index (χ1) is 22.3. The predicted molar refractivity (Wildman–Crippen MR) is 184 cm³/mol. The van der Waals surface area contributed by atoms with Crippen LogP contribution < -0.4 is 5.32 Å². The zero-order valence-corrected chi connectivity index (χ0v) is 29.1. The van der Waals surface area contributed by atoms with E-state index in [1.165, 1.54) is 70.6 Å². The summed E-state index contributed by atoms with van der Waals surface area (Å²) >= 11 is 0. The van der Waals surface area contributed by atoms with Gasteiger partial charge in [-0.1, -0.05) is 128 Å². The Kier molecular flexibility index (Phi) is 26.6. The Bertz CT molecular complexity index is 776. The molecule has 7 atom stereocenters. The lowest BCUT2D eigenvalue weighted by molar-refractivity contribution is -0.302. The maximum atomic E-state index is 12.8. The lowest BCUT2D eigenvalue weighted by Gasteiger charge is -2.40. The van der Waals surface area contributed by atoms with Crippen LogP contribution in [0.5, 0.6) is 0 Å². The van der Waals surface area contributed by atoms with E-state index >= 15 is 0 Å². The normalized spacial score (nSPS) is 23.3. The van der Waals surface area contributed by atoms with Crippen molar-refractivity contribution in [1.82, 2.24) is 5.32 Å². The van der Waals surface area contributed by atoms with E-state index in [-0.39, 0.29) is 12.5 Å². The molecular formula is C37H69NO8. The molecule has 1 fully saturated rings. The number of aliphatic hydroxyl groups excluding tert-OH is 5. The molecule has 1 aliphatic rings. The first kappa shape index (κ1) is 42.7. The topological polar surface area (TPSA) is 149 Å². The largest absolute Gasteiger partial charge is 0.394 e. The fraction of sp³-hybridized carbons (Fsp3) is 0.865. The van der Waals surface area contributed by atoms with Gasteiger partial charge in [0.15, 0.2) is 6.29 Å². The van der Waals surface area contributed by atoms with Crippen LogP contribution in [-0.2, 0) is 14.3 Å². The molecule has 0 aromatic rings. The molecule has 0 aliphatic carbocycles. The van der Waals surface area contributed by atoms with Crippen molar-refractivity contribution in [3.63, 3.8) is 0 Å². The monoisotopic (exact) mass is 656 g/mol. The highest BCUT2D eigenvalue weighted by Gasteiger charge is 2.44. The molecule has 9 nitrogen and oxygen atoms in total. The zero-order valence-electron chi connectivity index (χ0n) is 29.1. The van der Waals surface area contributed by atoms with Gasteiger partial charge in [-0.05, 0) is 38.5 Å². The van der Waals surface area contributed by atoms with Crippen molar-refractivity contribution in [3.8, 4) is 0 Å². The number of hydrogen-bond donors (Lipinski definition) is 6. The minimum Gasteiger partial charge on any atom is -0.394 e. The predicted octanol–water partition coefficient (Wildman–Crippen LogP) is 5.99. The van der Waals surface area contributed by atoms with Crippen molar-refractivity contribution in [2.24, 2.45) is 0 Å². The van der Waals surface area contributed by atoms with Gasteiger partial charge in [0, 0.05) is 6.42 Å². The van der Waals surface area contributed by atoms with Gasteiger partial charge in [-0.25, -0.2) is 0 Å². The molecule has 270 valence electrons. The van der Waals surface area contributed by atoms with Crippen LogP contribution in [0.4, 0.5) is 0 Å². The third-order valence-corrected chi connectivity index (χ3v) is 8.77. The number of unbranched alkanes of at least 4 members (excludes halogenated alkanes) is 17. The highest BCUT2D eigenvalue weighted by molar-refractivity contribution is 5.76. The van der Waals surface area contributed by atoms with Crippen molar-refractivity contribution >= 4 is 5.91 Å². The van der Waals surface area contributed by atoms with E-state index in [2.05, 4.69) is 31.3 Å². The number of nitrogens with one attached hydrogen (secondary N) is 1. The number of allylic oxidation sites excluding steroid dienone is 3. The fourth-order valence-corrected chi connectivity index (χ4v) is 5.66. The molecule has 46 heavy (non-hydrogen) atoms. The molecule has 0 bridgehead atoms. The van der Waals surface area contributed by atoms with Crippen molar-refractivity contribution < 1.29 is 39.8 Å². The number of aliphatic hydroxyl groups is 5. The smallest absolute Gasteiger partial charge is 0.220 e. The van der Waals surface area contributed by atoms with Gasteiger partial charge < -0.3 is 40.3 Å². The summed E-state index contributed by atoms with van der Waals surface area (Å²) in [7, 11) is 0. The summed E-state index contributed by atoms with van der Waals surface area (Å²) in [6.07, 6.45) is 23.6. The van der Waals surface area contributed by atoms with E-state index < -0.39 is 49.5 Å². The second kappa shape index (κ2) is 28.7. The van der Waals surface area contributed by atoms with Crippen LogP contribution in [0.1, 0.15) is 149 Å². The molecule has 0 radical (unpaired) electrons. The third kappa shape index (κ3) is 20.1. The van der Waals surface area contributed by atoms with Crippen molar-refractivity contribution in [2.75, 3.05) is 13.2 Å². The number of amides is 1. The van der Waals surface area contributed by atoms with Gasteiger partial charge in [-0.3, -0.25) is 4.79 Å². The van der Waals surface area contributed by atoms with Crippen molar-refractivity contribution in [3.05, 3.63) is 24.3 Å². The first-order valence-corrected chi connectivity index (χ1v) is 18.6. The number of rotatable bonds is 29. The lowest BCUT2D eigenvalue weighted by atomic mass is 9.99. The van der Waals surface area contributed by atoms with Crippen LogP contribution in [0.25, 0.3) is 0 Å². The van der Waals surface area contributed by atoms with Crippen LogP contribution >= 0.6 is 0 Å². The Hall–Kier alpha value is -1.33. The highest BCUT2D eigenvalue weighted by Crippen LogP contribution is 2.22. The van der Waals surface area contributed by atoms with Gasteiger partial charge in [0.05, 0.1) is 25.4 Å². The lowest BCUT2D eigenvalue weighted by Crippen LogP contribution is -2.60. The molecule has 1 rings (SSSR count). The van der Waals surface area contributed by atoms with Crippen molar-refractivity contribution in [2.45, 2.75) is 192 Å². The summed E-state index contributed by atoms with van der Waals surface area (Å²) in [4.78, 5) is 12.8. The van der Waals surface area contributed by atoms with E-state index in [0.29, 0.717) is 6.42 Å². The van der Waals surface area contributed by atoms with Gasteiger partial charge in [0.1, 0.15) is 24.4 Å². The second-order valence-electron chi connectivity index (χ2n) is 13.0. The van der Waals surface area contributed by atoms with Crippen LogP contribution in [0.2, 0.25) is 0 Å². The Morgan fingerprint density at radius 1 is 0.717 bits per heavy atom. The molecule has 1 heterocycles. The number of ether oxygens (including phenoxy) is 2. The standard InChI is InChI=1S/C37H69NO8/c1-3-5-7-9-11-13-15-16-17-18-20-22-24-26-31(40)30(29-45-37-36(44)35(43)34(42)32(28-39)46-37)38-33(41)27-25-23-21-19-14-12-10-8-6-4-2/h10,12,24,26,30-32,34-37,39-40,42-44H,3-9,11,13-23,25,27-29H2,1-2H3,(H,38,41)/b12-10-,26-24+. The molecule has 6 N–H and O–H groups in total. The Morgan fingerprint density at radius 2 is 1.24 bits per heavy atom. The molecule has 1 saturated heterocycles. The molecule has 1 amide bonds. The molecule has 0 aromatic carbocycles. The first-order valence-electron chi connectivity index (χ1n) is 18.6. The summed E-state index contributed by atoms with van der Waals surface area (Å²) in [5, 5.41) is 53.8. The van der Waals surface area contributed by atoms with E-state index in [9.17, 15) is 30.3 Å². The minimum atomic E-state index is -1.56. The van der Waals surface area contributed by atoms with E-state index in [0.717, 1.165) is 57.8 Å². The third-order valence-electron chi connectivity index (χ3n) is 8.77. The maximum Gasteiger partial charge on any atom is 0.220 e. The summed E-state index contributed by atoms with van der Waals surface area (Å²) < 4.78 is 11.1. The summed E-state index contributed by atoms with van der Waals surface area (Å²) in [5.41, 5.74) is 0.